The van der Waals surface area contributed by atoms with Crippen molar-refractivity contribution in [3.05, 3.63) is 84.8 Å². The standard InChI is InChI=1S/C22H12Cl5N3O3/c1-32-21(19-14(23)3-2-4-15(19)24)30-22(31)29-12-7-17(26)20(18(27)8-12)33-13-6-5-11(10-28)16(25)9-13/h2-9H,1H3,(H,29,31)/b30-21-. The summed E-state index contributed by atoms with van der Waals surface area (Å²) in [6.45, 7) is 0. The van der Waals surface area contributed by atoms with Crippen molar-refractivity contribution in [1.29, 1.82) is 5.26 Å². The highest BCUT2D eigenvalue weighted by atomic mass is 35.5. The average molecular weight is 544 g/mol. The molecular weight excluding hydrogens is 532 g/mol. The molecule has 0 aliphatic carbocycles. The second kappa shape index (κ2) is 11.0. The van der Waals surface area contributed by atoms with Crippen molar-refractivity contribution in [1.82, 2.24) is 0 Å². The lowest BCUT2D eigenvalue weighted by atomic mass is 10.2. The normalized spacial score (nSPS) is 11.0. The number of methoxy groups -OCH3 is 1. The summed E-state index contributed by atoms with van der Waals surface area (Å²) < 4.78 is 10.9. The summed E-state index contributed by atoms with van der Waals surface area (Å²) in [6.07, 6.45) is 0. The summed E-state index contributed by atoms with van der Waals surface area (Å²) in [4.78, 5) is 16.3. The lowest BCUT2D eigenvalue weighted by Gasteiger charge is -2.13. The third-order valence-electron chi connectivity index (χ3n) is 4.10. The molecule has 3 aromatic carbocycles. The molecule has 0 unspecified atom stereocenters. The van der Waals surface area contributed by atoms with Crippen molar-refractivity contribution in [3.8, 4) is 17.6 Å². The van der Waals surface area contributed by atoms with Gasteiger partial charge in [0.2, 0.25) is 5.90 Å². The molecular formula is C22H12Cl5N3O3. The zero-order chi connectivity index (χ0) is 24.1. The molecule has 6 nitrogen and oxygen atoms in total. The average Bonchev–Trinajstić information content (AvgIpc) is 2.75. The Morgan fingerprint density at radius 2 is 1.58 bits per heavy atom. The van der Waals surface area contributed by atoms with Crippen LogP contribution in [0.4, 0.5) is 10.5 Å². The second-order valence-corrected chi connectivity index (χ2v) is 8.31. The highest BCUT2D eigenvalue weighted by Gasteiger charge is 2.17. The number of benzene rings is 3. The fourth-order valence-corrected chi connectivity index (χ4v) is 3.98. The quantitative estimate of drug-likeness (QED) is 0.265. The van der Waals surface area contributed by atoms with Crippen molar-refractivity contribution < 1.29 is 14.3 Å². The minimum Gasteiger partial charge on any atom is -0.480 e. The molecule has 0 saturated carbocycles. The first kappa shape index (κ1) is 25.0. The second-order valence-electron chi connectivity index (χ2n) is 6.27. The maximum Gasteiger partial charge on any atom is 0.348 e. The van der Waals surface area contributed by atoms with Crippen LogP contribution in [-0.2, 0) is 4.74 Å². The first-order valence-corrected chi connectivity index (χ1v) is 10.9. The number of nitrogens with zero attached hydrogens (tertiary/aromatic N) is 2. The van der Waals surface area contributed by atoms with E-state index < -0.39 is 6.03 Å². The van der Waals surface area contributed by atoms with Crippen LogP contribution in [0, 0.1) is 11.3 Å². The molecule has 0 fully saturated rings. The van der Waals surface area contributed by atoms with Crippen LogP contribution in [0.2, 0.25) is 25.1 Å². The molecule has 0 aliphatic heterocycles. The third-order valence-corrected chi connectivity index (χ3v) is 5.61. The Hall–Kier alpha value is -2.66. The van der Waals surface area contributed by atoms with E-state index in [0.717, 1.165) is 0 Å². The van der Waals surface area contributed by atoms with Crippen molar-refractivity contribution >= 4 is 75.6 Å². The molecule has 168 valence electrons. The van der Waals surface area contributed by atoms with E-state index in [0.29, 0.717) is 11.3 Å². The van der Waals surface area contributed by atoms with Crippen LogP contribution in [0.25, 0.3) is 0 Å². The number of carbonyl (C=O) groups is 1. The van der Waals surface area contributed by atoms with E-state index in [1.54, 1.807) is 24.3 Å². The van der Waals surface area contributed by atoms with Gasteiger partial charge < -0.3 is 14.8 Å². The predicted octanol–water partition coefficient (Wildman–Crippen LogP) is 8.24. The molecule has 3 aromatic rings. The number of urea groups is 1. The molecule has 0 bridgehead atoms. The highest BCUT2D eigenvalue weighted by Crippen LogP contribution is 2.39. The lowest BCUT2D eigenvalue weighted by Crippen LogP contribution is -2.13. The molecule has 1 N–H and O–H groups in total. The van der Waals surface area contributed by atoms with Gasteiger partial charge in [-0.3, -0.25) is 0 Å². The number of hydrogen-bond acceptors (Lipinski definition) is 4. The Kier molecular flexibility index (Phi) is 8.30. The number of nitriles is 1. The van der Waals surface area contributed by atoms with E-state index in [1.807, 2.05) is 6.07 Å². The predicted molar refractivity (Wildman–Crippen MR) is 132 cm³/mol. The van der Waals surface area contributed by atoms with Crippen molar-refractivity contribution in [2.24, 2.45) is 4.99 Å². The van der Waals surface area contributed by atoms with Crippen molar-refractivity contribution in [2.75, 3.05) is 12.4 Å². The molecule has 0 atom stereocenters. The first-order chi connectivity index (χ1) is 15.7. The zero-order valence-corrected chi connectivity index (χ0v) is 20.4. The van der Waals surface area contributed by atoms with E-state index in [2.05, 4.69) is 10.3 Å². The van der Waals surface area contributed by atoms with Gasteiger partial charge in [-0.05, 0) is 36.4 Å². The van der Waals surface area contributed by atoms with Gasteiger partial charge in [-0.1, -0.05) is 64.1 Å². The number of hydrogen-bond donors (Lipinski definition) is 1. The monoisotopic (exact) mass is 541 g/mol. The number of aliphatic imine (C=N–C) groups is 1. The summed E-state index contributed by atoms with van der Waals surface area (Å²) in [5.74, 6) is 0.393. The largest absolute Gasteiger partial charge is 0.480 e. The fourth-order valence-electron chi connectivity index (χ4n) is 2.65. The van der Waals surface area contributed by atoms with Crippen LogP contribution in [0.1, 0.15) is 11.1 Å². The highest BCUT2D eigenvalue weighted by molar-refractivity contribution is 6.40. The van der Waals surface area contributed by atoms with Gasteiger partial charge in [-0.2, -0.15) is 10.3 Å². The van der Waals surface area contributed by atoms with Gasteiger partial charge in [0.15, 0.2) is 5.75 Å². The number of nitrogens with one attached hydrogen (secondary N) is 1. The molecule has 0 aliphatic rings. The summed E-state index contributed by atoms with van der Waals surface area (Å²) >= 11 is 30.9. The summed E-state index contributed by atoms with van der Waals surface area (Å²) in [6, 6.07) is 13.4. The molecule has 0 aromatic heterocycles. The SMILES string of the molecule is CO/C(=N\C(=O)Nc1cc(Cl)c(Oc2ccc(C#N)c(Cl)c2)c(Cl)c1)c1c(Cl)cccc1Cl. The lowest BCUT2D eigenvalue weighted by molar-refractivity contribution is 0.258. The van der Waals surface area contributed by atoms with E-state index in [9.17, 15) is 4.79 Å². The minimum atomic E-state index is -0.775. The van der Waals surface area contributed by atoms with Gasteiger partial charge in [0.05, 0.1) is 43.3 Å². The Morgan fingerprint density at radius 1 is 0.939 bits per heavy atom. The molecule has 11 heteroatoms. The molecule has 3 rings (SSSR count). The van der Waals surface area contributed by atoms with Crippen molar-refractivity contribution in [2.45, 2.75) is 0 Å². The Balaban J connectivity index is 1.82. The Bertz CT molecular complexity index is 1260. The molecule has 0 spiro atoms. The fraction of sp³-hybridized carbons (Fsp3) is 0.0455. The molecule has 0 saturated heterocycles. The summed E-state index contributed by atoms with van der Waals surface area (Å²) in [5.41, 5.74) is 0.831. The first-order valence-electron chi connectivity index (χ1n) is 8.98. The zero-order valence-electron chi connectivity index (χ0n) is 16.6. The van der Waals surface area contributed by atoms with Gasteiger partial charge in [-0.25, -0.2) is 4.79 Å². The van der Waals surface area contributed by atoms with E-state index in [4.69, 9.17) is 72.7 Å². The number of halogens is 5. The van der Waals surface area contributed by atoms with E-state index in [-0.39, 0.29) is 48.0 Å². The minimum absolute atomic E-state index is 0.0713. The van der Waals surface area contributed by atoms with E-state index >= 15 is 0 Å². The van der Waals surface area contributed by atoms with Crippen LogP contribution in [-0.4, -0.2) is 19.0 Å². The van der Waals surface area contributed by atoms with Crippen LogP contribution < -0.4 is 10.1 Å². The molecule has 0 heterocycles. The molecule has 33 heavy (non-hydrogen) atoms. The van der Waals surface area contributed by atoms with Crippen LogP contribution in [0.3, 0.4) is 0 Å². The van der Waals surface area contributed by atoms with Gasteiger partial charge >= 0.3 is 6.03 Å². The molecule has 0 radical (unpaired) electrons. The number of rotatable bonds is 4. The smallest absolute Gasteiger partial charge is 0.348 e. The van der Waals surface area contributed by atoms with Crippen LogP contribution >= 0.6 is 58.0 Å². The third kappa shape index (κ3) is 6.02. The number of ether oxygens (including phenoxy) is 2. The number of amides is 2. The topological polar surface area (TPSA) is 83.7 Å². The van der Waals surface area contributed by atoms with Crippen LogP contribution in [0.5, 0.6) is 11.5 Å². The van der Waals surface area contributed by atoms with Gasteiger partial charge in [-0.15, -0.1) is 0 Å². The summed E-state index contributed by atoms with van der Waals surface area (Å²) in [5, 5.41) is 12.5. The number of anilines is 1. The molecule has 2 amide bonds. The maximum absolute atomic E-state index is 12.5. The van der Waals surface area contributed by atoms with Gasteiger partial charge in [0.1, 0.15) is 11.8 Å². The maximum atomic E-state index is 12.5. The van der Waals surface area contributed by atoms with E-state index in [1.165, 1.54) is 31.4 Å². The van der Waals surface area contributed by atoms with Gasteiger partial charge in [0, 0.05) is 11.8 Å². The summed E-state index contributed by atoms with van der Waals surface area (Å²) in [7, 11) is 1.33. The number of carbonyl (C=O) groups excluding carboxylic acids is 1. The Labute approximate surface area is 214 Å². The van der Waals surface area contributed by atoms with Crippen LogP contribution in [0.15, 0.2) is 53.5 Å². The Morgan fingerprint density at radius 3 is 2.12 bits per heavy atom. The van der Waals surface area contributed by atoms with Gasteiger partial charge in [0.25, 0.3) is 0 Å². The van der Waals surface area contributed by atoms with Crippen molar-refractivity contribution in [3.63, 3.8) is 0 Å².